The Balaban J connectivity index is 2.64. The maximum atomic E-state index is 9.09. The Labute approximate surface area is 95.6 Å². The summed E-state index contributed by atoms with van der Waals surface area (Å²) in [6, 6.07) is 10.5. The molecule has 0 fully saturated rings. The van der Waals surface area contributed by atoms with Crippen LogP contribution in [-0.2, 0) is 0 Å². The SMILES string of the molecule is Cc1ccc(-c2c(C#N)[nH]c(C)c2C)cc1. The molecule has 0 atom stereocenters. The first kappa shape index (κ1) is 10.5. The molecule has 0 unspecified atom stereocenters. The standard InChI is InChI=1S/C14H14N2/c1-9-4-6-12(7-5-9)14-10(2)11(3)16-13(14)8-15/h4-7,16H,1-3H3. The predicted molar refractivity (Wildman–Crippen MR) is 65.2 cm³/mol. The summed E-state index contributed by atoms with van der Waals surface area (Å²) in [6.07, 6.45) is 0. The summed E-state index contributed by atoms with van der Waals surface area (Å²) < 4.78 is 0. The maximum absolute atomic E-state index is 9.09. The number of hydrogen-bond donors (Lipinski definition) is 1. The molecule has 16 heavy (non-hydrogen) atoms. The Morgan fingerprint density at radius 3 is 2.25 bits per heavy atom. The van der Waals surface area contributed by atoms with Crippen molar-refractivity contribution in [1.82, 2.24) is 4.98 Å². The first-order valence-corrected chi connectivity index (χ1v) is 5.29. The molecule has 0 bridgehead atoms. The summed E-state index contributed by atoms with van der Waals surface area (Å²) >= 11 is 0. The number of nitrogens with one attached hydrogen (secondary N) is 1. The van der Waals surface area contributed by atoms with Crippen molar-refractivity contribution in [2.75, 3.05) is 0 Å². The van der Waals surface area contributed by atoms with Gasteiger partial charge < -0.3 is 4.98 Å². The molecule has 1 N–H and O–H groups in total. The van der Waals surface area contributed by atoms with Crippen LogP contribution in [0.2, 0.25) is 0 Å². The van der Waals surface area contributed by atoms with E-state index >= 15 is 0 Å². The molecule has 0 aliphatic carbocycles. The van der Waals surface area contributed by atoms with E-state index in [0.29, 0.717) is 5.69 Å². The van der Waals surface area contributed by atoms with Crippen LogP contribution in [0.5, 0.6) is 0 Å². The van der Waals surface area contributed by atoms with Gasteiger partial charge in [0.25, 0.3) is 0 Å². The molecule has 0 aliphatic heterocycles. The highest BCUT2D eigenvalue weighted by Crippen LogP contribution is 2.29. The monoisotopic (exact) mass is 210 g/mol. The highest BCUT2D eigenvalue weighted by Gasteiger charge is 2.12. The Kier molecular flexibility index (Phi) is 2.54. The molecule has 2 nitrogen and oxygen atoms in total. The molecule has 1 aromatic carbocycles. The maximum Gasteiger partial charge on any atom is 0.125 e. The minimum atomic E-state index is 0.652. The molecule has 0 saturated carbocycles. The minimum Gasteiger partial charge on any atom is -0.350 e. The molecule has 0 saturated heterocycles. The number of aryl methyl sites for hydroxylation is 2. The zero-order valence-electron chi connectivity index (χ0n) is 9.76. The van der Waals surface area contributed by atoms with Crippen LogP contribution in [0.3, 0.4) is 0 Å². The molecular weight excluding hydrogens is 196 g/mol. The second-order valence-electron chi connectivity index (χ2n) is 4.10. The molecule has 2 aromatic rings. The van der Waals surface area contributed by atoms with Gasteiger partial charge in [-0.2, -0.15) is 5.26 Å². The summed E-state index contributed by atoms with van der Waals surface area (Å²) in [4.78, 5) is 3.11. The van der Waals surface area contributed by atoms with Gasteiger partial charge in [-0.25, -0.2) is 0 Å². The third-order valence-corrected chi connectivity index (χ3v) is 2.95. The van der Waals surface area contributed by atoms with E-state index in [-0.39, 0.29) is 0 Å². The van der Waals surface area contributed by atoms with Crippen molar-refractivity contribution in [1.29, 1.82) is 5.26 Å². The van der Waals surface area contributed by atoms with Crippen molar-refractivity contribution < 1.29 is 0 Å². The second-order valence-corrected chi connectivity index (χ2v) is 4.10. The largest absolute Gasteiger partial charge is 0.350 e. The quantitative estimate of drug-likeness (QED) is 0.769. The van der Waals surface area contributed by atoms with E-state index in [4.69, 9.17) is 5.26 Å². The molecular formula is C14H14N2. The van der Waals surface area contributed by atoms with Crippen LogP contribution >= 0.6 is 0 Å². The van der Waals surface area contributed by atoms with Crippen molar-refractivity contribution >= 4 is 0 Å². The summed E-state index contributed by atoms with van der Waals surface area (Å²) in [7, 11) is 0. The zero-order valence-corrected chi connectivity index (χ0v) is 9.76. The molecule has 0 amide bonds. The number of nitrogens with zero attached hydrogens (tertiary/aromatic N) is 1. The van der Waals surface area contributed by atoms with Crippen LogP contribution in [0, 0.1) is 32.1 Å². The van der Waals surface area contributed by atoms with Crippen LogP contribution < -0.4 is 0 Å². The van der Waals surface area contributed by atoms with Gasteiger partial charge >= 0.3 is 0 Å². The van der Waals surface area contributed by atoms with Crippen molar-refractivity contribution in [2.24, 2.45) is 0 Å². The van der Waals surface area contributed by atoms with E-state index < -0.39 is 0 Å². The zero-order chi connectivity index (χ0) is 11.7. The number of nitriles is 1. The summed E-state index contributed by atoms with van der Waals surface area (Å²) in [6.45, 7) is 6.10. The number of H-pyrrole nitrogens is 1. The van der Waals surface area contributed by atoms with Crippen molar-refractivity contribution in [3.05, 3.63) is 46.8 Å². The number of aromatic nitrogens is 1. The second kappa shape index (κ2) is 3.86. The summed E-state index contributed by atoms with van der Waals surface area (Å²) in [5.74, 6) is 0. The Hall–Kier alpha value is -2.01. The van der Waals surface area contributed by atoms with Crippen LogP contribution in [0.15, 0.2) is 24.3 Å². The molecule has 0 radical (unpaired) electrons. The lowest BCUT2D eigenvalue weighted by Gasteiger charge is -2.02. The minimum absolute atomic E-state index is 0.652. The van der Waals surface area contributed by atoms with E-state index in [0.717, 1.165) is 22.4 Å². The van der Waals surface area contributed by atoms with Gasteiger partial charge in [-0.1, -0.05) is 29.8 Å². The first-order chi connectivity index (χ1) is 7.63. The molecule has 0 spiro atoms. The van der Waals surface area contributed by atoms with E-state index in [1.54, 1.807) is 0 Å². The van der Waals surface area contributed by atoms with Gasteiger partial charge in [0.1, 0.15) is 11.8 Å². The van der Waals surface area contributed by atoms with Gasteiger partial charge in [-0.3, -0.25) is 0 Å². The number of rotatable bonds is 1. The lowest BCUT2D eigenvalue weighted by atomic mass is 10.0. The molecule has 80 valence electrons. The summed E-state index contributed by atoms with van der Waals surface area (Å²) in [5, 5.41) is 9.09. The van der Waals surface area contributed by atoms with Gasteiger partial charge in [0.05, 0.1) is 0 Å². The van der Waals surface area contributed by atoms with Crippen molar-refractivity contribution in [3.8, 4) is 17.2 Å². The fourth-order valence-electron chi connectivity index (χ4n) is 1.88. The van der Waals surface area contributed by atoms with Crippen LogP contribution in [0.1, 0.15) is 22.5 Å². The first-order valence-electron chi connectivity index (χ1n) is 5.29. The normalized spacial score (nSPS) is 10.1. The van der Waals surface area contributed by atoms with Gasteiger partial charge in [0.2, 0.25) is 0 Å². The topological polar surface area (TPSA) is 39.6 Å². The van der Waals surface area contributed by atoms with Crippen LogP contribution in [0.25, 0.3) is 11.1 Å². The highest BCUT2D eigenvalue weighted by molar-refractivity contribution is 5.74. The van der Waals surface area contributed by atoms with Gasteiger partial charge in [0.15, 0.2) is 0 Å². The number of hydrogen-bond acceptors (Lipinski definition) is 1. The highest BCUT2D eigenvalue weighted by atomic mass is 14.7. The van der Waals surface area contributed by atoms with Gasteiger partial charge in [-0.15, -0.1) is 0 Å². The van der Waals surface area contributed by atoms with E-state index in [9.17, 15) is 0 Å². The average Bonchev–Trinajstić information content (AvgIpc) is 2.57. The van der Waals surface area contributed by atoms with Crippen LogP contribution in [-0.4, -0.2) is 4.98 Å². The van der Waals surface area contributed by atoms with E-state index in [1.165, 1.54) is 5.56 Å². The number of benzene rings is 1. The molecule has 1 aromatic heterocycles. The van der Waals surface area contributed by atoms with Gasteiger partial charge in [0, 0.05) is 11.3 Å². The third kappa shape index (κ3) is 1.61. The molecule has 0 aliphatic rings. The lowest BCUT2D eigenvalue weighted by molar-refractivity contribution is 1.21. The summed E-state index contributed by atoms with van der Waals surface area (Å²) in [5.41, 5.74) is 6.22. The third-order valence-electron chi connectivity index (χ3n) is 2.95. The fraction of sp³-hybridized carbons (Fsp3) is 0.214. The van der Waals surface area contributed by atoms with Crippen molar-refractivity contribution in [3.63, 3.8) is 0 Å². The Morgan fingerprint density at radius 2 is 1.69 bits per heavy atom. The molecule has 2 heteroatoms. The molecule has 1 heterocycles. The Morgan fingerprint density at radius 1 is 1.06 bits per heavy atom. The van der Waals surface area contributed by atoms with Crippen LogP contribution in [0.4, 0.5) is 0 Å². The average molecular weight is 210 g/mol. The van der Waals surface area contributed by atoms with E-state index in [1.807, 2.05) is 13.8 Å². The molecule has 2 rings (SSSR count). The number of aromatic amines is 1. The smallest absolute Gasteiger partial charge is 0.125 e. The van der Waals surface area contributed by atoms with E-state index in [2.05, 4.69) is 42.2 Å². The fourth-order valence-corrected chi connectivity index (χ4v) is 1.88. The lowest BCUT2D eigenvalue weighted by Crippen LogP contribution is -1.83. The Bertz CT molecular complexity index is 554. The van der Waals surface area contributed by atoms with Crippen molar-refractivity contribution in [2.45, 2.75) is 20.8 Å². The predicted octanol–water partition coefficient (Wildman–Crippen LogP) is 3.48. The van der Waals surface area contributed by atoms with Gasteiger partial charge in [-0.05, 0) is 31.9 Å².